The Morgan fingerprint density at radius 3 is 2.27 bits per heavy atom. The zero-order chi connectivity index (χ0) is 41.7. The summed E-state index contributed by atoms with van der Waals surface area (Å²) in [5.41, 5.74) is 11.7. The van der Waals surface area contributed by atoms with Crippen LogP contribution in [0.4, 0.5) is 5.82 Å². The molecule has 4 N–H and O–H groups in total. The van der Waals surface area contributed by atoms with Crippen molar-refractivity contribution in [2.75, 3.05) is 84.5 Å². The fraction of sp³-hybridized carbons (Fsp3) is 0.429. The van der Waals surface area contributed by atoms with E-state index in [1.807, 2.05) is 61.5 Å². The summed E-state index contributed by atoms with van der Waals surface area (Å²) in [6.07, 6.45) is 2.01. The Hall–Kier alpha value is -5.97. The number of carboxylic acid groups (broad SMARTS) is 1. The number of benzene rings is 3. The quantitative estimate of drug-likeness (QED) is 0.0272. The molecule has 0 saturated heterocycles. The number of aliphatic carboxylic acids is 1. The van der Waals surface area contributed by atoms with E-state index in [-0.39, 0.29) is 31.3 Å². The molecule has 5 rings (SSSR count). The largest absolute Gasteiger partial charge is 0.491 e. The molecule has 4 aromatic rings. The first-order chi connectivity index (χ1) is 28.8. The lowest BCUT2D eigenvalue weighted by atomic mass is 9.95. The van der Waals surface area contributed by atoms with Crippen LogP contribution in [0.15, 0.2) is 78.0 Å². The highest BCUT2D eigenvalue weighted by Gasteiger charge is 2.23. The SMILES string of the molecule is Cc1ccnc2c1OC[C@H](CCC(=O)NCC(=O)N[C@@H](CC(=O)O)c1ccc(-c3ccc(OCCOCCOCCOCCOCCN=[N+]=[N-])c4ccccc34)cc1)N2. The average molecular weight is 814 g/mol. The van der Waals surface area contributed by atoms with Gasteiger partial charge in [-0.3, -0.25) is 14.4 Å². The van der Waals surface area contributed by atoms with Gasteiger partial charge in [0.25, 0.3) is 0 Å². The van der Waals surface area contributed by atoms with Crippen LogP contribution >= 0.6 is 0 Å². The van der Waals surface area contributed by atoms with Gasteiger partial charge in [0.05, 0.1) is 77.9 Å². The first kappa shape index (κ1) is 44.1. The molecule has 0 spiro atoms. The summed E-state index contributed by atoms with van der Waals surface area (Å²) in [4.78, 5) is 44.2. The van der Waals surface area contributed by atoms with Crippen LogP contribution in [0, 0.1) is 6.92 Å². The van der Waals surface area contributed by atoms with E-state index in [1.165, 1.54) is 0 Å². The van der Waals surface area contributed by atoms with Gasteiger partial charge >= 0.3 is 5.97 Å². The van der Waals surface area contributed by atoms with Crippen molar-refractivity contribution < 1.29 is 47.9 Å². The third-order valence-electron chi connectivity index (χ3n) is 9.26. The number of rotatable bonds is 26. The number of fused-ring (bicyclic) bond motifs is 2. The number of anilines is 1. The van der Waals surface area contributed by atoms with Gasteiger partial charge in [0.15, 0.2) is 11.6 Å². The van der Waals surface area contributed by atoms with Crippen LogP contribution in [-0.4, -0.2) is 113 Å². The third kappa shape index (κ3) is 14.4. The van der Waals surface area contributed by atoms with Crippen LogP contribution in [0.2, 0.25) is 0 Å². The fourth-order valence-corrected chi connectivity index (χ4v) is 6.32. The van der Waals surface area contributed by atoms with E-state index < -0.39 is 17.9 Å². The summed E-state index contributed by atoms with van der Waals surface area (Å²) in [6, 6.07) is 20.2. The number of hydrogen-bond donors (Lipinski definition) is 4. The standard InChI is InChI=1S/C42H51N7O10/c1-29-14-15-44-42-41(29)59-28-32(47-42)10-13-38(50)45-27-39(51)48-36(26-40(52)53)31-8-6-30(7-9-31)33-11-12-37(35-5-3-2-4-34(33)35)58-25-24-57-23-22-56-21-20-55-19-18-54-17-16-46-49-43/h2-9,11-12,14-15,32,36H,10,13,16-28H2,1H3,(H,44,47)(H,45,50)(H,48,51)(H,52,53)/t32-,36-/m0/s1. The number of aryl methyl sites for hydroxylation is 1. The molecule has 1 aliphatic rings. The van der Waals surface area contributed by atoms with Crippen molar-refractivity contribution in [1.29, 1.82) is 0 Å². The Bertz CT molecular complexity index is 2030. The number of nitrogens with zero attached hydrogens (tertiary/aromatic N) is 4. The molecule has 314 valence electrons. The molecule has 17 nitrogen and oxygen atoms in total. The summed E-state index contributed by atoms with van der Waals surface area (Å²) in [5.74, 6) is 0.201. The number of azide groups is 1. The molecule has 3 aromatic carbocycles. The molecule has 59 heavy (non-hydrogen) atoms. The molecule has 1 aliphatic heterocycles. The molecule has 2 heterocycles. The lowest BCUT2D eigenvalue weighted by Crippen LogP contribution is -2.40. The zero-order valence-corrected chi connectivity index (χ0v) is 33.1. The summed E-state index contributed by atoms with van der Waals surface area (Å²) in [5, 5.41) is 23.6. The van der Waals surface area contributed by atoms with Gasteiger partial charge < -0.3 is 49.5 Å². The van der Waals surface area contributed by atoms with Crippen molar-refractivity contribution in [3.8, 4) is 22.6 Å². The summed E-state index contributed by atoms with van der Waals surface area (Å²) in [7, 11) is 0. The normalized spacial score (nSPS) is 13.6. The average Bonchev–Trinajstić information content (AvgIpc) is 3.24. The molecular formula is C42H51N7O10. The first-order valence-electron chi connectivity index (χ1n) is 19.5. The second-order valence-electron chi connectivity index (χ2n) is 13.5. The number of amides is 2. The highest BCUT2D eigenvalue weighted by atomic mass is 16.6. The molecule has 2 amide bonds. The lowest BCUT2D eigenvalue weighted by molar-refractivity contribution is -0.138. The van der Waals surface area contributed by atoms with Gasteiger partial charge in [-0.25, -0.2) is 4.98 Å². The minimum absolute atomic E-state index is 0.105. The van der Waals surface area contributed by atoms with Crippen molar-refractivity contribution in [2.45, 2.75) is 38.3 Å². The number of hydrogen-bond acceptors (Lipinski definition) is 12. The number of nitrogens with one attached hydrogen (secondary N) is 3. The van der Waals surface area contributed by atoms with E-state index in [0.717, 1.165) is 27.5 Å². The van der Waals surface area contributed by atoms with Gasteiger partial charge in [0.1, 0.15) is 19.0 Å². The van der Waals surface area contributed by atoms with Crippen molar-refractivity contribution in [3.05, 3.63) is 94.5 Å². The number of carbonyl (C=O) groups is 3. The van der Waals surface area contributed by atoms with Crippen molar-refractivity contribution in [2.24, 2.45) is 5.11 Å². The maximum Gasteiger partial charge on any atom is 0.305 e. The van der Waals surface area contributed by atoms with Gasteiger partial charge in [-0.1, -0.05) is 59.7 Å². The molecule has 0 aliphatic carbocycles. The number of carboxylic acids is 1. The monoisotopic (exact) mass is 813 g/mol. The van der Waals surface area contributed by atoms with Crippen LogP contribution in [0.25, 0.3) is 32.3 Å². The number of ether oxygens (including phenoxy) is 6. The molecule has 0 radical (unpaired) electrons. The Labute approximate surface area is 342 Å². The minimum Gasteiger partial charge on any atom is -0.491 e. The third-order valence-corrected chi connectivity index (χ3v) is 9.26. The van der Waals surface area contributed by atoms with E-state index in [0.29, 0.717) is 102 Å². The van der Waals surface area contributed by atoms with Gasteiger partial charge in [0.2, 0.25) is 11.8 Å². The van der Waals surface area contributed by atoms with E-state index in [2.05, 4.69) is 31.0 Å². The predicted molar refractivity (Wildman–Crippen MR) is 219 cm³/mol. The van der Waals surface area contributed by atoms with E-state index >= 15 is 0 Å². The van der Waals surface area contributed by atoms with Crippen LogP contribution in [0.5, 0.6) is 11.5 Å². The minimum atomic E-state index is -1.07. The topological polar surface area (TPSA) is 225 Å². The van der Waals surface area contributed by atoms with Crippen molar-refractivity contribution in [1.82, 2.24) is 15.6 Å². The first-order valence-corrected chi connectivity index (χ1v) is 19.5. The maximum atomic E-state index is 12.9. The van der Waals surface area contributed by atoms with Crippen LogP contribution in [0.1, 0.15) is 36.4 Å². The summed E-state index contributed by atoms with van der Waals surface area (Å²) < 4.78 is 33.8. The number of pyridine rings is 1. The van der Waals surface area contributed by atoms with Crippen molar-refractivity contribution >= 4 is 34.4 Å². The fourth-order valence-electron chi connectivity index (χ4n) is 6.32. The van der Waals surface area contributed by atoms with Crippen LogP contribution in [0.3, 0.4) is 0 Å². The van der Waals surface area contributed by atoms with Crippen LogP contribution < -0.4 is 25.4 Å². The predicted octanol–water partition coefficient (Wildman–Crippen LogP) is 5.37. The van der Waals surface area contributed by atoms with Gasteiger partial charge in [0, 0.05) is 29.5 Å². The number of aromatic nitrogens is 1. The Kier molecular flexibility index (Phi) is 18.0. The Morgan fingerprint density at radius 2 is 1.58 bits per heavy atom. The highest BCUT2D eigenvalue weighted by molar-refractivity contribution is 6.00. The molecule has 0 unspecified atom stereocenters. The van der Waals surface area contributed by atoms with Gasteiger partial charge in [-0.2, -0.15) is 0 Å². The second kappa shape index (κ2) is 24.1. The van der Waals surface area contributed by atoms with E-state index in [9.17, 15) is 19.5 Å². The van der Waals surface area contributed by atoms with Gasteiger partial charge in [-0.05, 0) is 58.6 Å². The highest BCUT2D eigenvalue weighted by Crippen LogP contribution is 2.35. The molecule has 17 heteroatoms. The molecule has 2 atom stereocenters. The summed E-state index contributed by atoms with van der Waals surface area (Å²) >= 11 is 0. The number of carbonyl (C=O) groups excluding carboxylic acids is 2. The van der Waals surface area contributed by atoms with E-state index in [1.54, 1.807) is 18.3 Å². The lowest BCUT2D eigenvalue weighted by Gasteiger charge is -2.27. The van der Waals surface area contributed by atoms with Gasteiger partial charge in [-0.15, -0.1) is 0 Å². The molecule has 0 fully saturated rings. The maximum absolute atomic E-state index is 12.9. The van der Waals surface area contributed by atoms with E-state index in [4.69, 9.17) is 34.0 Å². The Morgan fingerprint density at radius 1 is 0.898 bits per heavy atom. The smallest absolute Gasteiger partial charge is 0.305 e. The molecule has 1 aromatic heterocycles. The Balaban J connectivity index is 1.04. The van der Waals surface area contributed by atoms with Crippen molar-refractivity contribution in [3.63, 3.8) is 0 Å². The summed E-state index contributed by atoms with van der Waals surface area (Å²) in [6.45, 7) is 6.02. The zero-order valence-electron chi connectivity index (χ0n) is 33.1. The molecular weight excluding hydrogens is 763 g/mol. The van der Waals surface area contributed by atoms with Crippen LogP contribution in [-0.2, 0) is 33.3 Å². The molecule has 0 saturated carbocycles. The second-order valence-corrected chi connectivity index (χ2v) is 13.5. The molecule has 0 bridgehead atoms.